The number of carbonyl (C=O) groups is 1. The third-order valence-corrected chi connectivity index (χ3v) is 4.39. The summed E-state index contributed by atoms with van der Waals surface area (Å²) in [7, 11) is 1.83. The lowest BCUT2D eigenvalue weighted by molar-refractivity contribution is 0.0730. The molecule has 98 valence electrons. The molecule has 5 heteroatoms. The average molecular weight is 273 g/mol. The Kier molecular flexibility index (Phi) is 3.21. The van der Waals surface area contributed by atoms with Crippen LogP contribution in [0.2, 0.25) is 0 Å². The van der Waals surface area contributed by atoms with Crippen LogP contribution >= 0.6 is 11.3 Å². The summed E-state index contributed by atoms with van der Waals surface area (Å²) in [6, 6.07) is 5.76. The summed E-state index contributed by atoms with van der Waals surface area (Å²) in [5.74, 6) is 0.0134. The van der Waals surface area contributed by atoms with Crippen LogP contribution in [0.25, 0.3) is 0 Å². The minimum Gasteiger partial charge on any atom is -0.387 e. The molecule has 0 aliphatic carbocycles. The number of nitrogens with zero attached hydrogens (tertiary/aromatic N) is 2. The molecule has 0 atom stereocenters. The molecule has 0 fully saturated rings. The maximum atomic E-state index is 12.4. The van der Waals surface area contributed by atoms with E-state index in [1.807, 2.05) is 18.0 Å². The average Bonchev–Trinajstić information content (AvgIpc) is 2.94. The SMILES string of the molecule is CNc1ccc(C(=O)N2CCc3sccc3C2)nc1. The number of carbonyl (C=O) groups excluding carboxylic acids is 1. The van der Waals surface area contributed by atoms with Crippen LogP contribution < -0.4 is 5.32 Å². The highest BCUT2D eigenvalue weighted by Crippen LogP contribution is 2.24. The zero-order valence-corrected chi connectivity index (χ0v) is 11.5. The summed E-state index contributed by atoms with van der Waals surface area (Å²) in [6.45, 7) is 1.48. The van der Waals surface area contributed by atoms with Crippen LogP contribution in [0.4, 0.5) is 5.69 Å². The molecule has 1 aliphatic heterocycles. The van der Waals surface area contributed by atoms with Gasteiger partial charge in [-0.25, -0.2) is 4.98 Å². The Morgan fingerprint density at radius 3 is 3.05 bits per heavy atom. The minimum atomic E-state index is 0.0134. The number of aromatic nitrogens is 1. The van der Waals surface area contributed by atoms with Crippen molar-refractivity contribution in [2.45, 2.75) is 13.0 Å². The highest BCUT2D eigenvalue weighted by molar-refractivity contribution is 7.10. The van der Waals surface area contributed by atoms with Gasteiger partial charge in [0, 0.05) is 25.0 Å². The highest BCUT2D eigenvalue weighted by atomic mass is 32.1. The molecule has 0 spiro atoms. The highest BCUT2D eigenvalue weighted by Gasteiger charge is 2.23. The number of pyridine rings is 1. The molecule has 4 nitrogen and oxygen atoms in total. The lowest BCUT2D eigenvalue weighted by Crippen LogP contribution is -2.35. The van der Waals surface area contributed by atoms with Gasteiger partial charge in [-0.05, 0) is 35.6 Å². The molecule has 0 saturated carbocycles. The molecule has 2 aromatic heterocycles. The Morgan fingerprint density at radius 1 is 1.42 bits per heavy atom. The van der Waals surface area contributed by atoms with Crippen molar-refractivity contribution < 1.29 is 4.79 Å². The first kappa shape index (κ1) is 12.2. The Hall–Kier alpha value is -1.88. The predicted octanol–water partition coefficient (Wildman–Crippen LogP) is 2.38. The second-order valence-electron chi connectivity index (χ2n) is 4.53. The second-order valence-corrected chi connectivity index (χ2v) is 5.53. The van der Waals surface area contributed by atoms with E-state index in [0.717, 1.165) is 18.7 Å². The van der Waals surface area contributed by atoms with E-state index in [4.69, 9.17) is 0 Å². The molecule has 0 unspecified atom stereocenters. The topological polar surface area (TPSA) is 45.2 Å². The van der Waals surface area contributed by atoms with E-state index in [1.165, 1.54) is 10.4 Å². The largest absolute Gasteiger partial charge is 0.387 e. The van der Waals surface area contributed by atoms with Crippen molar-refractivity contribution in [3.05, 3.63) is 45.9 Å². The first-order valence-corrected chi connectivity index (χ1v) is 7.14. The first-order valence-electron chi connectivity index (χ1n) is 6.26. The van der Waals surface area contributed by atoms with E-state index in [9.17, 15) is 4.79 Å². The summed E-state index contributed by atoms with van der Waals surface area (Å²) < 4.78 is 0. The van der Waals surface area contributed by atoms with Gasteiger partial charge in [0.2, 0.25) is 0 Å². The van der Waals surface area contributed by atoms with E-state index in [1.54, 1.807) is 23.6 Å². The molecule has 0 bridgehead atoms. The molecule has 3 heterocycles. The Labute approximate surface area is 116 Å². The summed E-state index contributed by atoms with van der Waals surface area (Å²) in [5.41, 5.74) is 2.70. The van der Waals surface area contributed by atoms with Gasteiger partial charge in [-0.15, -0.1) is 11.3 Å². The fourth-order valence-electron chi connectivity index (χ4n) is 2.25. The number of hydrogen-bond donors (Lipinski definition) is 1. The van der Waals surface area contributed by atoms with Crippen molar-refractivity contribution in [1.82, 2.24) is 9.88 Å². The molecule has 0 aromatic carbocycles. The molecular weight excluding hydrogens is 258 g/mol. The van der Waals surface area contributed by atoms with E-state index in [0.29, 0.717) is 12.2 Å². The lowest BCUT2D eigenvalue weighted by atomic mass is 10.1. The lowest BCUT2D eigenvalue weighted by Gasteiger charge is -2.26. The predicted molar refractivity (Wildman–Crippen MR) is 76.5 cm³/mol. The van der Waals surface area contributed by atoms with Gasteiger partial charge < -0.3 is 10.2 Å². The zero-order chi connectivity index (χ0) is 13.2. The number of rotatable bonds is 2. The quantitative estimate of drug-likeness (QED) is 0.913. The van der Waals surface area contributed by atoms with Crippen LogP contribution in [-0.4, -0.2) is 29.4 Å². The second kappa shape index (κ2) is 5.01. The third-order valence-electron chi connectivity index (χ3n) is 3.37. The minimum absolute atomic E-state index is 0.0134. The van der Waals surface area contributed by atoms with Crippen LogP contribution in [0.1, 0.15) is 20.9 Å². The third kappa shape index (κ3) is 2.33. The molecular formula is C14H15N3OS. The van der Waals surface area contributed by atoms with Crippen LogP contribution in [-0.2, 0) is 13.0 Å². The number of hydrogen-bond acceptors (Lipinski definition) is 4. The molecule has 2 aromatic rings. The van der Waals surface area contributed by atoms with Crippen molar-refractivity contribution in [2.75, 3.05) is 18.9 Å². The Morgan fingerprint density at radius 2 is 2.32 bits per heavy atom. The fraction of sp³-hybridized carbons (Fsp3) is 0.286. The molecule has 19 heavy (non-hydrogen) atoms. The fourth-order valence-corrected chi connectivity index (χ4v) is 3.14. The van der Waals surface area contributed by atoms with Crippen LogP contribution in [0.3, 0.4) is 0 Å². The number of thiophene rings is 1. The van der Waals surface area contributed by atoms with Crippen LogP contribution in [0.5, 0.6) is 0 Å². The Balaban J connectivity index is 1.77. The summed E-state index contributed by atoms with van der Waals surface area (Å²) in [6.07, 6.45) is 2.64. The van der Waals surface area contributed by atoms with E-state index >= 15 is 0 Å². The van der Waals surface area contributed by atoms with E-state index < -0.39 is 0 Å². The first-order chi connectivity index (χ1) is 9.28. The maximum Gasteiger partial charge on any atom is 0.272 e. The molecule has 1 aliphatic rings. The molecule has 1 N–H and O–H groups in total. The molecule has 3 rings (SSSR count). The van der Waals surface area contributed by atoms with Gasteiger partial charge in [-0.2, -0.15) is 0 Å². The van der Waals surface area contributed by atoms with Crippen molar-refractivity contribution in [1.29, 1.82) is 0 Å². The number of amides is 1. The molecule has 0 radical (unpaired) electrons. The number of fused-ring (bicyclic) bond motifs is 1. The smallest absolute Gasteiger partial charge is 0.272 e. The summed E-state index contributed by atoms with van der Waals surface area (Å²) >= 11 is 1.78. The number of anilines is 1. The van der Waals surface area contributed by atoms with Crippen LogP contribution in [0.15, 0.2) is 29.8 Å². The maximum absolute atomic E-state index is 12.4. The van der Waals surface area contributed by atoms with Crippen LogP contribution in [0, 0.1) is 0 Å². The van der Waals surface area contributed by atoms with Gasteiger partial charge in [-0.3, -0.25) is 4.79 Å². The van der Waals surface area contributed by atoms with Gasteiger partial charge in [0.25, 0.3) is 5.91 Å². The zero-order valence-electron chi connectivity index (χ0n) is 10.7. The van der Waals surface area contributed by atoms with Gasteiger partial charge >= 0.3 is 0 Å². The summed E-state index contributed by atoms with van der Waals surface area (Å²) in [4.78, 5) is 19.9. The van der Waals surface area contributed by atoms with Gasteiger partial charge in [-0.1, -0.05) is 0 Å². The van der Waals surface area contributed by atoms with Crippen molar-refractivity contribution in [3.8, 4) is 0 Å². The normalized spacial score (nSPS) is 14.1. The Bertz CT molecular complexity index is 591. The van der Waals surface area contributed by atoms with Gasteiger partial charge in [0.1, 0.15) is 5.69 Å². The van der Waals surface area contributed by atoms with E-state index in [2.05, 4.69) is 21.7 Å². The van der Waals surface area contributed by atoms with Gasteiger partial charge in [0.15, 0.2) is 0 Å². The standard InChI is InChI=1S/C14H15N3OS/c1-15-11-2-3-12(16-8-11)14(18)17-6-4-13-10(9-17)5-7-19-13/h2-3,5,7-8,15H,4,6,9H2,1H3. The number of nitrogens with one attached hydrogen (secondary N) is 1. The molecule has 0 saturated heterocycles. The van der Waals surface area contributed by atoms with E-state index in [-0.39, 0.29) is 5.91 Å². The van der Waals surface area contributed by atoms with Crippen molar-refractivity contribution in [2.24, 2.45) is 0 Å². The molecule has 1 amide bonds. The van der Waals surface area contributed by atoms with Gasteiger partial charge in [0.05, 0.1) is 11.9 Å². The monoisotopic (exact) mass is 273 g/mol. The summed E-state index contributed by atoms with van der Waals surface area (Å²) in [5, 5.41) is 5.09. The van der Waals surface area contributed by atoms with Crippen molar-refractivity contribution in [3.63, 3.8) is 0 Å². The van der Waals surface area contributed by atoms with Crippen molar-refractivity contribution >= 4 is 22.9 Å².